The molecule has 3 heterocycles. The van der Waals surface area contributed by atoms with Crippen LogP contribution in [0.5, 0.6) is 0 Å². The third kappa shape index (κ3) is 4.43. The number of hydrogen-bond acceptors (Lipinski definition) is 8. The number of pyridine rings is 1. The van der Waals surface area contributed by atoms with Crippen molar-refractivity contribution in [2.75, 3.05) is 7.11 Å². The minimum Gasteiger partial charge on any atom is -0.465 e. The van der Waals surface area contributed by atoms with E-state index >= 15 is 0 Å². The molecule has 0 bridgehead atoms. The second-order valence-corrected chi connectivity index (χ2v) is 9.72. The summed E-state index contributed by atoms with van der Waals surface area (Å²) in [7, 11) is 1.31. The van der Waals surface area contributed by atoms with Crippen LogP contribution >= 0.6 is 11.3 Å². The van der Waals surface area contributed by atoms with Gasteiger partial charge in [-0.2, -0.15) is 0 Å². The molecule has 8 nitrogen and oxygen atoms in total. The number of aromatic nitrogens is 3. The van der Waals surface area contributed by atoms with Crippen molar-refractivity contribution in [1.82, 2.24) is 15.0 Å². The molecule has 0 aliphatic heterocycles. The van der Waals surface area contributed by atoms with Gasteiger partial charge >= 0.3 is 11.9 Å². The summed E-state index contributed by atoms with van der Waals surface area (Å²) in [6.45, 7) is 1.66. The number of carbonyl (C=O) groups is 2. The van der Waals surface area contributed by atoms with Crippen LogP contribution in [-0.4, -0.2) is 34.0 Å². The van der Waals surface area contributed by atoms with Crippen molar-refractivity contribution in [2.45, 2.75) is 52.1 Å². The fourth-order valence-electron chi connectivity index (χ4n) is 4.69. The smallest absolute Gasteiger partial charge is 0.340 e. The summed E-state index contributed by atoms with van der Waals surface area (Å²) in [5.41, 5.74) is 3.07. The number of esters is 2. The first-order valence-corrected chi connectivity index (χ1v) is 12.4. The van der Waals surface area contributed by atoms with Gasteiger partial charge in [-0.1, -0.05) is 18.2 Å². The van der Waals surface area contributed by atoms with Crippen molar-refractivity contribution in [3.05, 3.63) is 67.7 Å². The van der Waals surface area contributed by atoms with Gasteiger partial charge in [0, 0.05) is 16.7 Å². The highest BCUT2D eigenvalue weighted by molar-refractivity contribution is 7.18. The fourth-order valence-corrected chi connectivity index (χ4v) is 5.97. The van der Waals surface area contributed by atoms with Gasteiger partial charge in [0.15, 0.2) is 0 Å². The number of hydrogen-bond donors (Lipinski definition) is 1. The highest BCUT2D eigenvalue weighted by Crippen LogP contribution is 2.33. The summed E-state index contributed by atoms with van der Waals surface area (Å²) in [6, 6.07) is 7.46. The summed E-state index contributed by atoms with van der Waals surface area (Å²) >= 11 is 1.58. The van der Waals surface area contributed by atoms with Gasteiger partial charge in [0.1, 0.15) is 17.3 Å². The Morgan fingerprint density at radius 1 is 1.14 bits per heavy atom. The molecule has 180 valence electrons. The number of nitrogens with one attached hydrogen (secondary N) is 1. The number of nitrogens with zero attached hydrogens (tertiary/aromatic N) is 2. The number of fused-ring (bicyclic) bond motifs is 4. The minimum atomic E-state index is -0.527. The van der Waals surface area contributed by atoms with Crippen LogP contribution in [0.15, 0.2) is 29.1 Å². The molecule has 0 saturated heterocycles. The van der Waals surface area contributed by atoms with Gasteiger partial charge in [0.2, 0.25) is 0 Å². The molecule has 0 fully saturated rings. The average molecular weight is 492 g/mol. The SMILES string of the molecule is COC(=O)c1c(COC(=O)CCc2nc3sc4c(c3c(=O)[nH]2)CCCC4)nc2ccccc2c1C. The number of methoxy groups -OCH3 is 1. The monoisotopic (exact) mass is 491 g/mol. The lowest BCUT2D eigenvalue weighted by Crippen LogP contribution is -2.16. The normalized spacial score (nSPS) is 13.1. The molecular weight excluding hydrogens is 466 g/mol. The molecule has 1 N–H and O–H groups in total. The number of carbonyl (C=O) groups excluding carboxylic acids is 2. The van der Waals surface area contributed by atoms with E-state index in [0.717, 1.165) is 47.0 Å². The van der Waals surface area contributed by atoms with Crippen LogP contribution in [0.1, 0.15) is 57.1 Å². The van der Waals surface area contributed by atoms with Crippen LogP contribution in [0, 0.1) is 6.92 Å². The number of ether oxygens (including phenoxy) is 2. The van der Waals surface area contributed by atoms with Gasteiger partial charge in [-0.25, -0.2) is 14.8 Å². The van der Waals surface area contributed by atoms with E-state index < -0.39 is 11.9 Å². The Balaban J connectivity index is 1.30. The summed E-state index contributed by atoms with van der Waals surface area (Å²) < 4.78 is 10.4. The van der Waals surface area contributed by atoms with E-state index in [1.54, 1.807) is 11.3 Å². The van der Waals surface area contributed by atoms with Crippen LogP contribution in [0.4, 0.5) is 0 Å². The quantitative estimate of drug-likeness (QED) is 0.403. The Hall–Kier alpha value is -3.59. The van der Waals surface area contributed by atoms with Gasteiger partial charge in [-0.3, -0.25) is 9.59 Å². The van der Waals surface area contributed by atoms with Crippen LogP contribution in [-0.2, 0) is 40.1 Å². The van der Waals surface area contributed by atoms with Crippen LogP contribution in [0.3, 0.4) is 0 Å². The Morgan fingerprint density at radius 3 is 2.77 bits per heavy atom. The topological polar surface area (TPSA) is 111 Å². The molecule has 3 aromatic heterocycles. The largest absolute Gasteiger partial charge is 0.465 e. The molecule has 1 aliphatic rings. The third-order valence-corrected chi connectivity index (χ3v) is 7.61. The zero-order chi connectivity index (χ0) is 24.5. The Morgan fingerprint density at radius 2 is 1.94 bits per heavy atom. The molecule has 1 aliphatic carbocycles. The number of aromatic amines is 1. The highest BCUT2D eigenvalue weighted by atomic mass is 32.1. The number of thiophene rings is 1. The lowest BCUT2D eigenvalue weighted by molar-refractivity contribution is -0.145. The van der Waals surface area contributed by atoms with Crippen molar-refractivity contribution in [2.24, 2.45) is 0 Å². The van der Waals surface area contributed by atoms with Crippen molar-refractivity contribution >= 4 is 44.4 Å². The van der Waals surface area contributed by atoms with E-state index in [1.807, 2.05) is 31.2 Å². The zero-order valence-corrected chi connectivity index (χ0v) is 20.4. The van der Waals surface area contributed by atoms with Crippen LogP contribution < -0.4 is 5.56 Å². The van der Waals surface area contributed by atoms with E-state index in [-0.39, 0.29) is 25.0 Å². The summed E-state index contributed by atoms with van der Waals surface area (Å²) in [5.74, 6) is -0.532. The van der Waals surface area contributed by atoms with Gasteiger partial charge in [-0.15, -0.1) is 11.3 Å². The Kier molecular flexibility index (Phi) is 6.34. The summed E-state index contributed by atoms with van der Waals surface area (Å²) in [4.78, 5) is 51.6. The first-order chi connectivity index (χ1) is 17.0. The number of H-pyrrole nitrogens is 1. The van der Waals surface area contributed by atoms with E-state index in [0.29, 0.717) is 28.0 Å². The second-order valence-electron chi connectivity index (χ2n) is 8.63. The van der Waals surface area contributed by atoms with Gasteiger partial charge < -0.3 is 14.5 Å². The van der Waals surface area contributed by atoms with Crippen molar-refractivity contribution in [1.29, 1.82) is 0 Å². The third-order valence-electron chi connectivity index (χ3n) is 6.43. The first-order valence-electron chi connectivity index (χ1n) is 11.6. The fraction of sp³-hybridized carbons (Fsp3) is 0.346. The second kappa shape index (κ2) is 9.58. The highest BCUT2D eigenvalue weighted by Gasteiger charge is 2.22. The van der Waals surface area contributed by atoms with E-state index in [2.05, 4.69) is 15.0 Å². The summed E-state index contributed by atoms with van der Waals surface area (Å²) in [5, 5.41) is 1.53. The summed E-state index contributed by atoms with van der Waals surface area (Å²) in [6.07, 6.45) is 4.43. The number of para-hydroxylation sites is 1. The predicted octanol–water partition coefficient (Wildman–Crippen LogP) is 4.18. The molecule has 0 unspecified atom stereocenters. The molecule has 1 aromatic carbocycles. The van der Waals surface area contributed by atoms with Crippen LogP contribution in [0.2, 0.25) is 0 Å². The van der Waals surface area contributed by atoms with Gasteiger partial charge in [-0.05, 0) is 49.8 Å². The Labute approximate surface area is 205 Å². The maximum Gasteiger partial charge on any atom is 0.340 e. The predicted molar refractivity (Wildman–Crippen MR) is 133 cm³/mol. The minimum absolute atomic E-state index is 0.0413. The van der Waals surface area contributed by atoms with Crippen molar-refractivity contribution < 1.29 is 19.1 Å². The molecule has 35 heavy (non-hydrogen) atoms. The molecule has 0 saturated carbocycles. The number of benzene rings is 1. The molecule has 9 heteroatoms. The molecule has 0 atom stereocenters. The maximum atomic E-state index is 12.7. The van der Waals surface area contributed by atoms with Crippen LogP contribution in [0.25, 0.3) is 21.1 Å². The maximum absolute atomic E-state index is 12.7. The molecule has 4 aromatic rings. The molecular formula is C26H25N3O5S. The van der Waals surface area contributed by atoms with Crippen molar-refractivity contribution in [3.63, 3.8) is 0 Å². The average Bonchev–Trinajstić information content (AvgIpc) is 3.25. The molecule has 0 radical (unpaired) electrons. The first kappa shape index (κ1) is 23.2. The van der Waals surface area contributed by atoms with Gasteiger partial charge in [0.05, 0.1) is 35.7 Å². The Bertz CT molecular complexity index is 1520. The molecule has 0 amide bonds. The lowest BCUT2D eigenvalue weighted by atomic mass is 9.97. The standard InChI is InChI=1S/C26H25N3O5S/c1-14-15-7-3-5-9-17(15)27-18(22(14)26(32)33-2)13-34-21(30)12-11-20-28-24(31)23-16-8-4-6-10-19(16)35-25(23)29-20/h3,5,7,9H,4,6,8,10-13H2,1-2H3,(H,28,29,31). The zero-order valence-electron chi connectivity index (χ0n) is 19.6. The number of rotatable bonds is 6. The lowest BCUT2D eigenvalue weighted by Gasteiger charge is -2.13. The van der Waals surface area contributed by atoms with E-state index in [9.17, 15) is 14.4 Å². The van der Waals surface area contributed by atoms with Crippen molar-refractivity contribution in [3.8, 4) is 0 Å². The number of aryl methyl sites for hydroxylation is 4. The molecule has 5 rings (SSSR count). The van der Waals surface area contributed by atoms with Gasteiger partial charge in [0.25, 0.3) is 5.56 Å². The molecule has 0 spiro atoms. The van der Waals surface area contributed by atoms with E-state index in [1.165, 1.54) is 12.0 Å². The van der Waals surface area contributed by atoms with E-state index in [4.69, 9.17) is 9.47 Å².